The summed E-state index contributed by atoms with van der Waals surface area (Å²) in [5, 5.41) is 24.6. The zero-order chi connectivity index (χ0) is 76.2. The first-order valence-electron chi connectivity index (χ1n) is 32.4. The molecule has 0 bridgehead atoms. The number of benzene rings is 9. The van der Waals surface area contributed by atoms with Crippen LogP contribution in [-0.2, 0) is 48.3 Å². The summed E-state index contributed by atoms with van der Waals surface area (Å²) in [5.74, 6) is 4.74. The van der Waals surface area contributed by atoms with Gasteiger partial charge in [0.2, 0.25) is 5.91 Å². The Hall–Kier alpha value is -13.2. The third-order valence-electron chi connectivity index (χ3n) is 15.6. The second-order valence-electron chi connectivity index (χ2n) is 23.0. The Kier molecular flexibility index (Phi) is 28.7. The number of carboxylic acids is 2. The van der Waals surface area contributed by atoms with E-state index in [1.165, 1.54) is 52.5 Å². The Labute approximate surface area is 616 Å². The molecule has 1 saturated heterocycles. The maximum Gasteiger partial charge on any atom is 0.407 e. The molecule has 4 N–H and O–H groups in total. The van der Waals surface area contributed by atoms with Gasteiger partial charge in [-0.15, -0.1) is 0 Å². The predicted octanol–water partition coefficient (Wildman–Crippen LogP) is 15.3. The Morgan fingerprint density at radius 2 is 0.670 bits per heavy atom. The summed E-state index contributed by atoms with van der Waals surface area (Å²) in [6.45, 7) is 0.921. The van der Waals surface area contributed by atoms with Crippen LogP contribution in [-0.4, -0.2) is 138 Å². The first-order valence-corrected chi connectivity index (χ1v) is 33.3. The number of likely N-dealkylation sites (N-methyl/N-ethyl adjacent to an activating group) is 1. The van der Waals surface area contributed by atoms with E-state index < -0.39 is 24.1 Å². The van der Waals surface area contributed by atoms with Crippen LogP contribution in [0.15, 0.2) is 200 Å². The number of imide groups is 1. The smallest absolute Gasteiger partial charge is 0.407 e. The molecule has 0 saturated carbocycles. The number of carbonyl (C=O) groups is 7. The molecule has 9 aromatic rings. The maximum atomic E-state index is 13.0. The fraction of sp³-hybridized carbons (Fsp3) is 0.173. The van der Waals surface area contributed by atoms with Crippen molar-refractivity contribution in [3.05, 3.63) is 250 Å². The third kappa shape index (κ3) is 23.2. The number of rotatable bonds is 27. The van der Waals surface area contributed by atoms with Crippen LogP contribution in [0, 0.1) is 0 Å². The van der Waals surface area contributed by atoms with Gasteiger partial charge in [0.15, 0.2) is 0 Å². The zero-order valence-corrected chi connectivity index (χ0v) is 60.5. The standard InChI is InChI=1S/C28H30N2O6.C27H23NO7S.C26H25NO7/c1-30(2)27(31)26(16-20-14-24(33-3)17-25(15-20)34-4)21-8-12-23(13-9-21)36-22-10-6-19(7-11-22)18-29-28(32)35-5;1-33-22-11-18(12-23(14-22)34-2)13-24(26(30)31)19-5-9-21(10-6-19)35-20-7-3-17(4-8-20)15-28-25(29)16-36-27(28)32;1-31-22-12-18(13-23(15-22)32-2)14-24(25(28)29)19-6-10-21(11-7-19)34-20-8-4-17(5-9-20)16-27-26(30)33-3/h6-17H,18H2,1-5H3,(H,29,32);3-14H,15-16H2,1-2H3,(H,30,31);4-15H,16H2,1-3H3,(H,27,30)(H,28,29)/b26-16+;24-13+;24-14+. The maximum absolute atomic E-state index is 13.0. The number of hydrogen-bond acceptors (Lipinski definition) is 19. The number of amides is 5. The predicted molar refractivity (Wildman–Crippen MR) is 402 cm³/mol. The molecule has 1 heterocycles. The van der Waals surface area contributed by atoms with Gasteiger partial charge in [-0.3, -0.25) is 19.3 Å². The molecule has 0 unspecified atom stereocenters. The minimum absolute atomic E-state index is 0.102. The molecule has 9 aromatic carbocycles. The fourth-order valence-corrected chi connectivity index (χ4v) is 10.7. The number of thioether (sulfide) groups is 1. The molecule has 24 nitrogen and oxygen atoms in total. The second kappa shape index (κ2) is 38.8. The van der Waals surface area contributed by atoms with Gasteiger partial charge in [-0.2, -0.15) is 0 Å². The monoisotopic (exact) mass is 1460 g/mol. The molecular weight excluding hydrogens is 1380 g/mol. The van der Waals surface area contributed by atoms with Crippen molar-refractivity contribution in [1.29, 1.82) is 0 Å². The topological polar surface area (TPSA) is 292 Å². The van der Waals surface area contributed by atoms with Gasteiger partial charge >= 0.3 is 24.1 Å². The first-order chi connectivity index (χ1) is 51.1. The Morgan fingerprint density at radius 3 is 0.925 bits per heavy atom. The van der Waals surface area contributed by atoms with E-state index >= 15 is 0 Å². The lowest BCUT2D eigenvalue weighted by molar-refractivity contribution is -0.131. The first kappa shape index (κ1) is 78.6. The van der Waals surface area contributed by atoms with Crippen LogP contribution in [0.4, 0.5) is 14.4 Å². The van der Waals surface area contributed by atoms with Crippen molar-refractivity contribution in [3.8, 4) is 69.0 Å². The molecule has 0 aliphatic carbocycles. The minimum Gasteiger partial charge on any atom is -0.497 e. The molecular formula is C81H78N4O20S. The quantitative estimate of drug-likeness (QED) is 0.0275. The van der Waals surface area contributed by atoms with Crippen molar-refractivity contribution in [2.75, 3.05) is 76.7 Å². The van der Waals surface area contributed by atoms with Gasteiger partial charge in [0.1, 0.15) is 69.0 Å². The molecule has 106 heavy (non-hydrogen) atoms. The van der Waals surface area contributed by atoms with E-state index in [2.05, 4.69) is 20.1 Å². The van der Waals surface area contributed by atoms with Crippen LogP contribution >= 0.6 is 11.8 Å². The third-order valence-corrected chi connectivity index (χ3v) is 16.4. The second-order valence-corrected chi connectivity index (χ2v) is 23.9. The average Bonchev–Trinajstić information content (AvgIpc) is 1.30. The number of ether oxygens (including phenoxy) is 11. The zero-order valence-electron chi connectivity index (χ0n) is 59.7. The Balaban J connectivity index is 0.000000201. The lowest BCUT2D eigenvalue weighted by Gasteiger charge is -2.15. The van der Waals surface area contributed by atoms with Crippen LogP contribution in [0.1, 0.15) is 50.1 Å². The van der Waals surface area contributed by atoms with Gasteiger partial charge in [0.05, 0.1) is 80.3 Å². The molecule has 0 aromatic heterocycles. The van der Waals surface area contributed by atoms with Crippen molar-refractivity contribution in [2.24, 2.45) is 0 Å². The molecule has 10 rings (SSSR count). The lowest BCUT2D eigenvalue weighted by Crippen LogP contribution is -2.27. The highest BCUT2D eigenvalue weighted by Gasteiger charge is 2.30. The van der Waals surface area contributed by atoms with Crippen molar-refractivity contribution < 1.29 is 95.9 Å². The van der Waals surface area contributed by atoms with Crippen molar-refractivity contribution >= 4 is 87.9 Å². The van der Waals surface area contributed by atoms with Crippen molar-refractivity contribution in [3.63, 3.8) is 0 Å². The van der Waals surface area contributed by atoms with Gasteiger partial charge < -0.3 is 77.9 Å². The Morgan fingerprint density at radius 1 is 0.396 bits per heavy atom. The van der Waals surface area contributed by atoms with E-state index in [-0.39, 0.29) is 40.5 Å². The number of carbonyl (C=O) groups excluding carboxylic acids is 5. The molecule has 0 radical (unpaired) electrons. The van der Waals surface area contributed by atoms with Gasteiger partial charge in [0, 0.05) is 51.0 Å². The molecule has 0 atom stereocenters. The van der Waals surface area contributed by atoms with Crippen LogP contribution in [0.3, 0.4) is 0 Å². The molecule has 5 amide bonds. The Bertz CT molecular complexity index is 4560. The summed E-state index contributed by atoms with van der Waals surface area (Å²) in [6.07, 6.45) is 3.94. The van der Waals surface area contributed by atoms with E-state index in [4.69, 9.17) is 42.6 Å². The molecule has 1 fully saturated rings. The van der Waals surface area contributed by atoms with E-state index in [9.17, 15) is 43.8 Å². The SMILES string of the molecule is COC(=O)NCc1ccc(Oc2ccc(/C(=C\c3cc(OC)cc(OC)c3)C(=O)N(C)C)cc2)cc1.COC(=O)NCc1ccc(Oc2ccc(/C(=C\c3cc(OC)cc(OC)c3)C(=O)O)cc2)cc1.COc1cc(/C=C(/C(=O)O)c2ccc(Oc3ccc(CN4C(=O)CSC4=O)cc3)cc2)cc(OC)c1. The minimum atomic E-state index is -1.07. The number of aliphatic carboxylic acids is 2. The highest BCUT2D eigenvalue weighted by molar-refractivity contribution is 8.14. The molecule has 0 spiro atoms. The number of hydrogen-bond donors (Lipinski definition) is 4. The fourth-order valence-electron chi connectivity index (χ4n) is 10.0. The normalized spacial score (nSPS) is 11.8. The summed E-state index contributed by atoms with van der Waals surface area (Å²) in [6, 6.07) is 58.2. The molecule has 1 aliphatic rings. The summed E-state index contributed by atoms with van der Waals surface area (Å²) < 4.78 is 58.5. The summed E-state index contributed by atoms with van der Waals surface area (Å²) in [5.41, 5.74) is 7.15. The highest BCUT2D eigenvalue weighted by Crippen LogP contribution is 2.34. The molecule has 1 aliphatic heterocycles. The molecule has 548 valence electrons. The van der Waals surface area contributed by atoms with E-state index in [0.29, 0.717) is 110 Å². The largest absolute Gasteiger partial charge is 0.497 e. The average molecular weight is 1460 g/mol. The number of alkyl carbamates (subject to hydrolysis) is 2. The van der Waals surface area contributed by atoms with E-state index in [1.807, 2.05) is 78.9 Å². The van der Waals surface area contributed by atoms with Crippen LogP contribution in [0.2, 0.25) is 0 Å². The van der Waals surface area contributed by atoms with Crippen molar-refractivity contribution in [1.82, 2.24) is 20.4 Å². The van der Waals surface area contributed by atoms with E-state index in [1.54, 1.807) is 168 Å². The van der Waals surface area contributed by atoms with Gasteiger partial charge in [-0.1, -0.05) is 84.6 Å². The number of carboxylic acid groups (broad SMARTS) is 2. The van der Waals surface area contributed by atoms with Crippen LogP contribution in [0.5, 0.6) is 69.0 Å². The summed E-state index contributed by atoms with van der Waals surface area (Å²) in [7, 11) is 15.3. The summed E-state index contributed by atoms with van der Waals surface area (Å²) in [4.78, 5) is 85.6. The number of nitrogens with one attached hydrogen (secondary N) is 2. The van der Waals surface area contributed by atoms with Gasteiger partial charge in [-0.05, 0) is 177 Å². The van der Waals surface area contributed by atoms with Gasteiger partial charge in [-0.25, -0.2) is 19.2 Å². The number of nitrogens with zero attached hydrogens (tertiary/aromatic N) is 2. The number of methoxy groups -OCH3 is 8. The highest BCUT2D eigenvalue weighted by atomic mass is 32.2. The van der Waals surface area contributed by atoms with Crippen LogP contribution < -0.4 is 53.3 Å². The lowest BCUT2D eigenvalue weighted by atomic mass is 10.0. The van der Waals surface area contributed by atoms with Gasteiger partial charge in [0.25, 0.3) is 11.1 Å². The van der Waals surface area contributed by atoms with Crippen LogP contribution in [0.25, 0.3) is 34.9 Å². The van der Waals surface area contributed by atoms with Crippen molar-refractivity contribution in [2.45, 2.75) is 19.6 Å². The molecule has 25 heteroatoms. The van der Waals surface area contributed by atoms with E-state index in [0.717, 1.165) is 39.6 Å². The summed E-state index contributed by atoms with van der Waals surface area (Å²) >= 11 is 1.01.